The van der Waals surface area contributed by atoms with Crippen LogP contribution >= 0.6 is 11.6 Å². The molecule has 0 atom stereocenters. The number of fused-ring (bicyclic) bond motifs is 1. The maximum absolute atomic E-state index is 12.8. The monoisotopic (exact) mass is 341 g/mol. The molecule has 0 saturated carbocycles. The van der Waals surface area contributed by atoms with E-state index in [-0.39, 0.29) is 5.91 Å². The molecule has 0 aliphatic heterocycles. The lowest BCUT2D eigenvalue weighted by atomic mass is 10.1. The molecule has 3 aromatic rings. The number of nitrogens with one attached hydrogen (secondary N) is 1. The van der Waals surface area contributed by atoms with Crippen LogP contribution in [0.5, 0.6) is 0 Å². The molecule has 2 heterocycles. The average Bonchev–Trinajstić information content (AvgIpc) is 2.93. The molecular weight excluding hydrogens is 322 g/mol. The van der Waals surface area contributed by atoms with Gasteiger partial charge in [0, 0.05) is 11.9 Å². The number of carbonyl (C=O) groups excluding carboxylic acids is 1. The standard InChI is InChI=1S/C19H20ClN3O/c1-3-5-16-18(23-12-14(20)8-11-17(23)22-16)19(24)21-15-9-6-13(4-2)7-10-15/h6-12H,3-5H2,1-2H3,(H,21,24). The van der Waals surface area contributed by atoms with Gasteiger partial charge >= 0.3 is 0 Å². The molecule has 0 saturated heterocycles. The highest BCUT2D eigenvalue weighted by Gasteiger charge is 2.19. The smallest absolute Gasteiger partial charge is 0.274 e. The number of amides is 1. The Morgan fingerprint density at radius 1 is 1.17 bits per heavy atom. The Morgan fingerprint density at radius 3 is 2.58 bits per heavy atom. The Balaban J connectivity index is 1.97. The first-order chi connectivity index (χ1) is 11.6. The Labute approximate surface area is 146 Å². The van der Waals surface area contributed by atoms with Crippen LogP contribution in [0, 0.1) is 0 Å². The molecule has 1 amide bonds. The molecule has 5 heteroatoms. The third kappa shape index (κ3) is 3.29. The fourth-order valence-corrected chi connectivity index (χ4v) is 2.89. The van der Waals surface area contributed by atoms with Crippen LogP contribution in [0.25, 0.3) is 5.65 Å². The Hall–Kier alpha value is -2.33. The molecule has 0 aliphatic rings. The summed E-state index contributed by atoms with van der Waals surface area (Å²) in [5, 5.41) is 3.54. The second kappa shape index (κ2) is 7.05. The summed E-state index contributed by atoms with van der Waals surface area (Å²) in [6.07, 6.45) is 4.37. The molecule has 0 spiro atoms. The lowest BCUT2D eigenvalue weighted by Crippen LogP contribution is -2.16. The van der Waals surface area contributed by atoms with Crippen LogP contribution in [0.1, 0.15) is 42.0 Å². The number of imidazole rings is 1. The molecule has 0 fully saturated rings. The summed E-state index contributed by atoms with van der Waals surface area (Å²) in [5.41, 5.74) is 4.09. The van der Waals surface area contributed by atoms with Crippen molar-refractivity contribution in [2.75, 3.05) is 5.32 Å². The number of halogens is 1. The molecule has 0 bridgehead atoms. The minimum atomic E-state index is -0.169. The van der Waals surface area contributed by atoms with Gasteiger partial charge in [0.25, 0.3) is 5.91 Å². The summed E-state index contributed by atoms with van der Waals surface area (Å²) >= 11 is 6.09. The molecule has 24 heavy (non-hydrogen) atoms. The van der Waals surface area contributed by atoms with Crippen LogP contribution < -0.4 is 5.32 Å². The van der Waals surface area contributed by atoms with Crippen LogP contribution in [0.2, 0.25) is 5.02 Å². The number of rotatable bonds is 5. The Morgan fingerprint density at radius 2 is 1.92 bits per heavy atom. The van der Waals surface area contributed by atoms with E-state index in [4.69, 9.17) is 11.6 Å². The van der Waals surface area contributed by atoms with Crippen molar-refractivity contribution in [2.24, 2.45) is 0 Å². The Kier molecular flexibility index (Phi) is 4.86. The summed E-state index contributed by atoms with van der Waals surface area (Å²) in [5.74, 6) is -0.169. The summed E-state index contributed by atoms with van der Waals surface area (Å²) in [4.78, 5) is 17.4. The van der Waals surface area contributed by atoms with Gasteiger partial charge in [0.05, 0.1) is 10.7 Å². The zero-order valence-electron chi connectivity index (χ0n) is 13.8. The van der Waals surface area contributed by atoms with E-state index in [9.17, 15) is 4.79 Å². The predicted molar refractivity (Wildman–Crippen MR) is 98.0 cm³/mol. The summed E-state index contributed by atoms with van der Waals surface area (Å²) in [6, 6.07) is 11.5. The normalized spacial score (nSPS) is 11.0. The van der Waals surface area contributed by atoms with E-state index >= 15 is 0 Å². The van der Waals surface area contributed by atoms with E-state index in [1.165, 1.54) is 5.56 Å². The van der Waals surface area contributed by atoms with Crippen LogP contribution in [0.15, 0.2) is 42.6 Å². The second-order valence-electron chi connectivity index (χ2n) is 5.74. The van der Waals surface area contributed by atoms with Crippen molar-refractivity contribution in [3.8, 4) is 0 Å². The number of hydrogen-bond acceptors (Lipinski definition) is 2. The van der Waals surface area contributed by atoms with Crippen molar-refractivity contribution in [2.45, 2.75) is 33.1 Å². The minimum Gasteiger partial charge on any atom is -0.321 e. The molecule has 2 aromatic heterocycles. The molecule has 1 N–H and O–H groups in total. The van der Waals surface area contributed by atoms with Gasteiger partial charge in [0.2, 0.25) is 0 Å². The molecule has 0 aliphatic carbocycles. The van der Waals surface area contributed by atoms with E-state index in [0.717, 1.165) is 36.3 Å². The highest BCUT2D eigenvalue weighted by Crippen LogP contribution is 2.20. The fourth-order valence-electron chi connectivity index (χ4n) is 2.73. The van der Waals surface area contributed by atoms with Crippen LogP contribution in [-0.2, 0) is 12.8 Å². The fraction of sp³-hybridized carbons (Fsp3) is 0.263. The van der Waals surface area contributed by atoms with Gasteiger partial charge in [0.15, 0.2) is 0 Å². The number of aryl methyl sites for hydroxylation is 2. The molecule has 3 rings (SSSR count). The van der Waals surface area contributed by atoms with Crippen LogP contribution in [-0.4, -0.2) is 15.3 Å². The van der Waals surface area contributed by atoms with Crippen LogP contribution in [0.3, 0.4) is 0 Å². The maximum atomic E-state index is 12.8. The van der Waals surface area contributed by atoms with Crippen molar-refractivity contribution in [1.82, 2.24) is 9.38 Å². The molecule has 124 valence electrons. The number of nitrogens with zero attached hydrogens (tertiary/aromatic N) is 2. The van der Waals surface area contributed by atoms with E-state index < -0.39 is 0 Å². The highest BCUT2D eigenvalue weighted by atomic mass is 35.5. The summed E-state index contributed by atoms with van der Waals surface area (Å²) < 4.78 is 1.77. The summed E-state index contributed by atoms with van der Waals surface area (Å²) in [7, 11) is 0. The highest BCUT2D eigenvalue weighted by molar-refractivity contribution is 6.30. The van der Waals surface area contributed by atoms with Gasteiger partial charge in [-0.05, 0) is 42.7 Å². The van der Waals surface area contributed by atoms with Crippen LogP contribution in [0.4, 0.5) is 5.69 Å². The largest absolute Gasteiger partial charge is 0.321 e. The van der Waals surface area contributed by atoms with Crippen molar-refractivity contribution in [1.29, 1.82) is 0 Å². The lowest BCUT2D eigenvalue weighted by Gasteiger charge is -2.08. The molecule has 0 unspecified atom stereocenters. The van der Waals surface area contributed by atoms with Gasteiger partial charge in [-0.3, -0.25) is 9.20 Å². The van der Waals surface area contributed by atoms with Gasteiger partial charge in [-0.25, -0.2) is 4.98 Å². The first-order valence-corrected chi connectivity index (χ1v) is 8.57. The van der Waals surface area contributed by atoms with Crippen molar-refractivity contribution in [3.05, 3.63) is 64.6 Å². The van der Waals surface area contributed by atoms with E-state index in [1.807, 2.05) is 30.3 Å². The first kappa shape index (κ1) is 16.5. The van der Waals surface area contributed by atoms with Crippen molar-refractivity contribution in [3.63, 3.8) is 0 Å². The van der Waals surface area contributed by atoms with Gasteiger partial charge < -0.3 is 5.32 Å². The van der Waals surface area contributed by atoms with E-state index in [1.54, 1.807) is 16.7 Å². The van der Waals surface area contributed by atoms with Crippen molar-refractivity contribution < 1.29 is 4.79 Å². The topological polar surface area (TPSA) is 46.4 Å². The van der Waals surface area contributed by atoms with Crippen molar-refractivity contribution >= 4 is 28.8 Å². The van der Waals surface area contributed by atoms with Gasteiger partial charge in [-0.2, -0.15) is 0 Å². The maximum Gasteiger partial charge on any atom is 0.274 e. The summed E-state index contributed by atoms with van der Waals surface area (Å²) in [6.45, 7) is 4.18. The lowest BCUT2D eigenvalue weighted by molar-refractivity contribution is 0.102. The van der Waals surface area contributed by atoms with E-state index in [2.05, 4.69) is 24.1 Å². The third-order valence-electron chi connectivity index (χ3n) is 3.98. The first-order valence-electron chi connectivity index (χ1n) is 8.19. The number of anilines is 1. The van der Waals surface area contributed by atoms with Gasteiger partial charge in [-0.1, -0.05) is 44.0 Å². The molecular formula is C19H20ClN3O. The number of carbonyl (C=O) groups is 1. The number of aromatic nitrogens is 2. The second-order valence-corrected chi connectivity index (χ2v) is 6.17. The van der Waals surface area contributed by atoms with E-state index in [0.29, 0.717) is 10.7 Å². The SMILES string of the molecule is CCCc1nc2ccc(Cl)cn2c1C(=O)Nc1ccc(CC)cc1. The third-order valence-corrected chi connectivity index (χ3v) is 4.20. The predicted octanol–water partition coefficient (Wildman–Crippen LogP) is 4.75. The molecule has 1 aromatic carbocycles. The molecule has 4 nitrogen and oxygen atoms in total. The minimum absolute atomic E-state index is 0.169. The van der Waals surface area contributed by atoms with Gasteiger partial charge in [0.1, 0.15) is 11.3 Å². The zero-order valence-corrected chi connectivity index (χ0v) is 14.6. The average molecular weight is 342 g/mol. The quantitative estimate of drug-likeness (QED) is 0.727. The van der Waals surface area contributed by atoms with Gasteiger partial charge in [-0.15, -0.1) is 0 Å². The zero-order chi connectivity index (χ0) is 17.1. The Bertz CT molecular complexity index is 868. The number of benzene rings is 1. The number of pyridine rings is 1. The number of hydrogen-bond donors (Lipinski definition) is 1. The molecule has 0 radical (unpaired) electrons.